The molecule has 0 atom stereocenters. The average molecular weight is 344 g/mol. The Labute approximate surface area is 135 Å². The molecular formula is C10H16O10Ti. The van der Waals surface area contributed by atoms with Crippen LogP contribution in [0.2, 0.25) is 0 Å². The Morgan fingerprint density at radius 2 is 0.667 bits per heavy atom. The Morgan fingerprint density at radius 1 is 0.524 bits per heavy atom. The van der Waals surface area contributed by atoms with Gasteiger partial charge in [0.2, 0.25) is 0 Å². The van der Waals surface area contributed by atoms with Crippen LogP contribution in [0.3, 0.4) is 0 Å². The Hall–Kier alpha value is -1.49. The van der Waals surface area contributed by atoms with Gasteiger partial charge >= 0.3 is 45.6 Å². The van der Waals surface area contributed by atoms with Crippen LogP contribution in [0.1, 0.15) is 38.5 Å². The third-order valence-electron chi connectivity index (χ3n) is 1.56. The van der Waals surface area contributed by atoms with Crippen molar-refractivity contribution < 1.29 is 72.3 Å². The van der Waals surface area contributed by atoms with E-state index in [9.17, 15) is 19.2 Å². The molecule has 4 N–H and O–H groups in total. The van der Waals surface area contributed by atoms with E-state index < -0.39 is 23.9 Å². The number of aliphatic carboxylic acids is 4. The van der Waals surface area contributed by atoms with Gasteiger partial charge in [-0.1, -0.05) is 0 Å². The van der Waals surface area contributed by atoms with Crippen LogP contribution in [-0.2, 0) is 51.8 Å². The van der Waals surface area contributed by atoms with Crippen molar-refractivity contribution in [1.29, 1.82) is 0 Å². The maximum atomic E-state index is 9.79. The molecule has 0 aromatic rings. The summed E-state index contributed by atoms with van der Waals surface area (Å²) in [5, 5.41) is 32.1. The van der Waals surface area contributed by atoms with Crippen molar-refractivity contribution in [2.24, 2.45) is 0 Å². The van der Waals surface area contributed by atoms with Gasteiger partial charge in [-0.05, 0) is 12.8 Å². The Bertz CT molecular complexity index is 246. The third kappa shape index (κ3) is 45.7. The molecule has 0 aromatic heterocycles. The van der Waals surface area contributed by atoms with Crippen molar-refractivity contribution >= 4 is 23.9 Å². The van der Waals surface area contributed by atoms with Crippen LogP contribution in [0.15, 0.2) is 0 Å². The molecule has 10 nitrogen and oxygen atoms in total. The maximum absolute atomic E-state index is 9.79. The summed E-state index contributed by atoms with van der Waals surface area (Å²) in [6, 6.07) is 0. The molecule has 0 aliphatic carbocycles. The average Bonchev–Trinajstić information content (AvgIpc) is 2.15. The van der Waals surface area contributed by atoms with Crippen molar-refractivity contribution in [3.63, 3.8) is 0 Å². The van der Waals surface area contributed by atoms with Crippen molar-refractivity contribution in [1.82, 2.24) is 0 Å². The molecule has 0 fully saturated rings. The van der Waals surface area contributed by atoms with Gasteiger partial charge in [0.25, 0.3) is 0 Å². The molecule has 0 rings (SSSR count). The van der Waals surface area contributed by atoms with Crippen molar-refractivity contribution in [3.05, 3.63) is 0 Å². The second-order valence-electron chi connectivity index (χ2n) is 3.28. The first-order chi connectivity index (χ1) is 8.25. The predicted molar refractivity (Wildman–Crippen MR) is 59.6 cm³/mol. The van der Waals surface area contributed by atoms with E-state index in [0.29, 0.717) is 0 Å². The summed E-state index contributed by atoms with van der Waals surface area (Å²) in [4.78, 5) is 39.2. The number of carbonyl (C=O) groups is 4. The number of rotatable bonds is 8. The molecule has 0 spiro atoms. The van der Waals surface area contributed by atoms with E-state index in [0.717, 1.165) is 0 Å². The molecule has 0 amide bonds. The number of hydrogen-bond donors (Lipinski definition) is 4. The number of carboxylic acid groups (broad SMARTS) is 4. The molecule has 120 valence electrons. The summed E-state index contributed by atoms with van der Waals surface area (Å²) in [7, 11) is 0. The van der Waals surface area contributed by atoms with Crippen LogP contribution in [0.4, 0.5) is 0 Å². The van der Waals surface area contributed by atoms with Gasteiger partial charge in [0.15, 0.2) is 0 Å². The summed E-state index contributed by atoms with van der Waals surface area (Å²) in [6.07, 6.45) is 0.173. The molecule has 0 aliphatic heterocycles. The van der Waals surface area contributed by atoms with Crippen molar-refractivity contribution in [3.8, 4) is 0 Å². The molecule has 0 saturated carbocycles. The zero-order valence-corrected chi connectivity index (χ0v) is 12.5. The predicted octanol–water partition coefficient (Wildman–Crippen LogP) is 0.412. The van der Waals surface area contributed by atoms with Gasteiger partial charge in [0.05, 0.1) is 0 Å². The smallest absolute Gasteiger partial charge is 2.00 e. The minimum atomic E-state index is -0.948. The zero-order valence-electron chi connectivity index (χ0n) is 11.0. The van der Waals surface area contributed by atoms with E-state index >= 15 is 0 Å². The minimum absolute atomic E-state index is 0. The first-order valence-electron chi connectivity index (χ1n) is 5.13. The fraction of sp³-hybridized carbons (Fsp3) is 0.600. The van der Waals surface area contributed by atoms with E-state index in [4.69, 9.17) is 20.4 Å². The third-order valence-corrected chi connectivity index (χ3v) is 1.56. The van der Waals surface area contributed by atoms with Gasteiger partial charge < -0.3 is 31.4 Å². The number of carboxylic acids is 4. The van der Waals surface area contributed by atoms with Crippen LogP contribution in [0.5, 0.6) is 0 Å². The van der Waals surface area contributed by atoms with Crippen LogP contribution < -0.4 is 0 Å². The topological polar surface area (TPSA) is 206 Å². The Morgan fingerprint density at radius 3 is 0.762 bits per heavy atom. The van der Waals surface area contributed by atoms with Gasteiger partial charge in [0.1, 0.15) is 0 Å². The monoisotopic (exact) mass is 344 g/mol. The molecule has 0 saturated heterocycles. The summed E-state index contributed by atoms with van der Waals surface area (Å²) in [5.41, 5.74) is 0. The second kappa shape index (κ2) is 20.8. The molecule has 0 unspecified atom stereocenters. The quantitative estimate of drug-likeness (QED) is 0.452. The summed E-state index contributed by atoms with van der Waals surface area (Å²) in [6.45, 7) is 0. The fourth-order valence-electron chi connectivity index (χ4n) is 0.782. The molecule has 0 radical (unpaired) electrons. The summed E-state index contributed by atoms with van der Waals surface area (Å²) < 4.78 is 0. The molecule has 0 aliphatic rings. The fourth-order valence-corrected chi connectivity index (χ4v) is 0.782. The van der Waals surface area contributed by atoms with Gasteiger partial charge in [0, 0.05) is 25.7 Å². The molecule has 0 heterocycles. The van der Waals surface area contributed by atoms with E-state index in [1.165, 1.54) is 0 Å². The Balaban J connectivity index is -0.0000000711. The molecule has 0 bridgehead atoms. The van der Waals surface area contributed by atoms with E-state index in [2.05, 4.69) is 0 Å². The first-order valence-corrected chi connectivity index (χ1v) is 5.13. The summed E-state index contributed by atoms with van der Waals surface area (Å²) >= 11 is 0. The van der Waals surface area contributed by atoms with Crippen molar-refractivity contribution in [2.75, 3.05) is 0 Å². The molecule has 21 heavy (non-hydrogen) atoms. The van der Waals surface area contributed by atoms with E-state index in [1.807, 2.05) is 0 Å². The normalized spacial score (nSPS) is 7.62. The minimum Gasteiger partial charge on any atom is -2.00 e. The summed E-state index contributed by atoms with van der Waals surface area (Å²) in [5.74, 6) is -3.79. The molecule has 0 aromatic carbocycles. The standard InChI is InChI=1S/2C5H8O4.2O.Ti/c2*6-4(7)2-1-3-5(8)9;;;/h2*1-3H2,(H,6,7)(H,8,9);;;/q;;2*-2;+4. The van der Waals surface area contributed by atoms with Gasteiger partial charge in [-0.15, -0.1) is 0 Å². The zero-order chi connectivity index (χ0) is 14.6. The van der Waals surface area contributed by atoms with Crippen molar-refractivity contribution in [2.45, 2.75) is 38.5 Å². The molecule has 11 heteroatoms. The van der Waals surface area contributed by atoms with Gasteiger partial charge in [-0.25, -0.2) is 0 Å². The van der Waals surface area contributed by atoms with Crippen LogP contribution in [-0.4, -0.2) is 44.3 Å². The maximum Gasteiger partial charge on any atom is 4.00 e. The SMILES string of the molecule is O=C(O)CCCC(=O)O.O=C(O)CCCC(=O)O.[O-2].[O-2].[Ti+4]. The van der Waals surface area contributed by atoms with E-state index in [1.54, 1.807) is 0 Å². The first kappa shape index (κ1) is 31.8. The number of hydrogen-bond acceptors (Lipinski definition) is 4. The second-order valence-corrected chi connectivity index (χ2v) is 3.28. The Kier molecular flexibility index (Phi) is 31.5. The van der Waals surface area contributed by atoms with Crippen LogP contribution in [0.25, 0.3) is 0 Å². The largest absolute Gasteiger partial charge is 4.00 e. The van der Waals surface area contributed by atoms with Crippen LogP contribution in [0, 0.1) is 0 Å². The van der Waals surface area contributed by atoms with Crippen LogP contribution >= 0.6 is 0 Å². The molecular weight excluding hydrogens is 328 g/mol. The van der Waals surface area contributed by atoms with Gasteiger partial charge in [-0.3, -0.25) is 19.2 Å². The van der Waals surface area contributed by atoms with E-state index in [-0.39, 0.29) is 71.2 Å². The van der Waals surface area contributed by atoms with Gasteiger partial charge in [-0.2, -0.15) is 0 Å².